The zero-order chi connectivity index (χ0) is 20.3. The van der Waals surface area contributed by atoms with Crippen molar-refractivity contribution in [1.82, 2.24) is 20.0 Å². The fourth-order valence-corrected chi connectivity index (χ4v) is 3.71. The van der Waals surface area contributed by atoms with Gasteiger partial charge in [-0.05, 0) is 31.5 Å². The molecular formula is C19H19FN4O3S. The Morgan fingerprint density at radius 1 is 1.32 bits per heavy atom. The second-order valence-corrected chi connectivity index (χ2v) is 7.38. The number of hydrogen-bond acceptors (Lipinski definition) is 5. The maximum absolute atomic E-state index is 13.1. The molecule has 2 atom stereocenters. The normalized spacial score (nSPS) is 13.2. The van der Waals surface area contributed by atoms with Crippen molar-refractivity contribution in [2.24, 2.45) is 0 Å². The molecule has 0 spiro atoms. The quantitative estimate of drug-likeness (QED) is 0.589. The van der Waals surface area contributed by atoms with Gasteiger partial charge in [-0.25, -0.2) is 9.07 Å². The Labute approximate surface area is 164 Å². The first kappa shape index (κ1) is 19.8. The molecule has 0 saturated carbocycles. The molecule has 0 aliphatic carbocycles. The van der Waals surface area contributed by atoms with Crippen LogP contribution in [0.3, 0.4) is 0 Å². The molecule has 9 heteroatoms. The van der Waals surface area contributed by atoms with E-state index in [0.717, 1.165) is 11.1 Å². The molecule has 0 fully saturated rings. The van der Waals surface area contributed by atoms with Gasteiger partial charge in [-0.3, -0.25) is 14.7 Å². The summed E-state index contributed by atoms with van der Waals surface area (Å²) in [5, 5.41) is 20.4. The number of carbonyl (C=O) groups is 1. The summed E-state index contributed by atoms with van der Waals surface area (Å²) in [6.07, 6.45) is 3.26. The van der Waals surface area contributed by atoms with Gasteiger partial charge < -0.3 is 5.11 Å². The zero-order valence-electron chi connectivity index (χ0n) is 15.3. The van der Waals surface area contributed by atoms with Crippen LogP contribution in [0.4, 0.5) is 4.39 Å². The Balaban J connectivity index is 1.96. The molecule has 2 aromatic heterocycles. The number of hydrogen-bond donors (Lipinski definition) is 2. The number of rotatable bonds is 7. The van der Waals surface area contributed by atoms with Crippen molar-refractivity contribution in [3.05, 3.63) is 75.7 Å². The van der Waals surface area contributed by atoms with Crippen LogP contribution in [-0.4, -0.2) is 31.1 Å². The van der Waals surface area contributed by atoms with Crippen molar-refractivity contribution in [3.8, 4) is 0 Å². The van der Waals surface area contributed by atoms with Crippen LogP contribution < -0.4 is 5.56 Å². The molecule has 0 amide bonds. The molecule has 2 unspecified atom stereocenters. The second-order valence-electron chi connectivity index (χ2n) is 6.36. The maximum Gasteiger partial charge on any atom is 0.312 e. The van der Waals surface area contributed by atoms with Gasteiger partial charge in [-0.2, -0.15) is 10.2 Å². The van der Waals surface area contributed by atoms with Crippen molar-refractivity contribution in [2.45, 2.75) is 36.5 Å². The highest BCUT2D eigenvalue weighted by molar-refractivity contribution is 7.98. The van der Waals surface area contributed by atoms with Crippen molar-refractivity contribution in [1.29, 1.82) is 0 Å². The number of aliphatic carboxylic acids is 1. The fourth-order valence-electron chi connectivity index (χ4n) is 2.65. The number of carboxylic acids is 1. The summed E-state index contributed by atoms with van der Waals surface area (Å²) in [4.78, 5) is 24.7. The van der Waals surface area contributed by atoms with E-state index in [9.17, 15) is 19.1 Å². The molecular weight excluding hydrogens is 383 g/mol. The van der Waals surface area contributed by atoms with E-state index in [4.69, 9.17) is 0 Å². The minimum atomic E-state index is -1.03. The lowest BCUT2D eigenvalue weighted by Crippen LogP contribution is -2.29. The van der Waals surface area contributed by atoms with Gasteiger partial charge in [0.1, 0.15) is 5.82 Å². The number of benzene rings is 1. The molecule has 0 aliphatic heterocycles. The summed E-state index contributed by atoms with van der Waals surface area (Å²) < 4.78 is 14.3. The molecule has 2 heterocycles. The Morgan fingerprint density at radius 2 is 2.04 bits per heavy atom. The number of H-pyrrole nitrogens is 1. The molecule has 7 nitrogen and oxygen atoms in total. The molecule has 3 rings (SSSR count). The molecule has 28 heavy (non-hydrogen) atoms. The van der Waals surface area contributed by atoms with E-state index < -0.39 is 17.9 Å². The highest BCUT2D eigenvalue weighted by Crippen LogP contribution is 2.29. The van der Waals surface area contributed by atoms with Gasteiger partial charge in [0.05, 0.1) is 23.9 Å². The predicted molar refractivity (Wildman–Crippen MR) is 103 cm³/mol. The average molecular weight is 402 g/mol. The van der Waals surface area contributed by atoms with Gasteiger partial charge in [-0.1, -0.05) is 12.1 Å². The van der Waals surface area contributed by atoms with Crippen LogP contribution >= 0.6 is 11.8 Å². The van der Waals surface area contributed by atoms with E-state index >= 15 is 0 Å². The van der Waals surface area contributed by atoms with E-state index in [0.29, 0.717) is 16.3 Å². The van der Waals surface area contributed by atoms with Crippen molar-refractivity contribution >= 4 is 17.7 Å². The first-order valence-corrected chi connectivity index (χ1v) is 9.58. The number of thioether (sulfide) groups is 1. The van der Waals surface area contributed by atoms with Gasteiger partial charge in [0.15, 0.2) is 0 Å². The molecule has 0 saturated heterocycles. The van der Waals surface area contributed by atoms with Crippen LogP contribution in [0.5, 0.6) is 0 Å². The van der Waals surface area contributed by atoms with Gasteiger partial charge >= 0.3 is 5.97 Å². The van der Waals surface area contributed by atoms with Crippen LogP contribution in [0, 0.1) is 5.82 Å². The summed E-state index contributed by atoms with van der Waals surface area (Å²) >= 11 is 1.30. The van der Waals surface area contributed by atoms with Gasteiger partial charge in [-0.15, -0.1) is 11.8 Å². The van der Waals surface area contributed by atoms with Gasteiger partial charge in [0.2, 0.25) is 0 Å². The summed E-state index contributed by atoms with van der Waals surface area (Å²) in [7, 11) is 0. The minimum Gasteiger partial charge on any atom is -0.481 e. The Morgan fingerprint density at radius 3 is 2.64 bits per heavy atom. The molecule has 146 valence electrons. The first-order chi connectivity index (χ1) is 13.4. The minimum absolute atomic E-state index is 0.314. The fraction of sp³-hybridized carbons (Fsp3) is 0.263. The molecule has 0 bridgehead atoms. The van der Waals surface area contributed by atoms with Crippen molar-refractivity contribution in [3.63, 3.8) is 0 Å². The lowest BCUT2D eigenvalue weighted by Gasteiger charge is -2.17. The molecule has 3 aromatic rings. The lowest BCUT2D eigenvalue weighted by molar-refractivity contribution is -0.138. The SMILES string of the molecule is CC(C(=O)O)c1nn(C(C)c2cn[nH]c2)c(=O)cc1SCc1ccc(F)cc1. The van der Waals surface area contributed by atoms with Crippen LogP contribution in [0.25, 0.3) is 0 Å². The van der Waals surface area contributed by atoms with Crippen LogP contribution in [0.2, 0.25) is 0 Å². The standard InChI is InChI=1S/C19H19FN4O3S/c1-11(19(26)27)18-16(28-10-13-3-5-15(20)6-4-13)7-17(25)24(23-18)12(2)14-8-21-22-9-14/h3-9,11-12H,10H2,1-2H3,(H,21,22)(H,26,27). The van der Waals surface area contributed by atoms with E-state index in [1.54, 1.807) is 31.5 Å². The van der Waals surface area contributed by atoms with Crippen molar-refractivity contribution in [2.75, 3.05) is 0 Å². The van der Waals surface area contributed by atoms with E-state index in [2.05, 4.69) is 15.3 Å². The summed E-state index contributed by atoms with van der Waals surface area (Å²) in [5.74, 6) is -1.79. The third kappa shape index (κ3) is 4.30. The van der Waals surface area contributed by atoms with E-state index in [1.165, 1.54) is 41.6 Å². The van der Waals surface area contributed by atoms with Crippen LogP contribution in [0.15, 0.2) is 52.4 Å². The lowest BCUT2D eigenvalue weighted by atomic mass is 10.1. The van der Waals surface area contributed by atoms with Crippen LogP contribution in [-0.2, 0) is 10.5 Å². The molecule has 2 N–H and O–H groups in total. The molecule has 1 aromatic carbocycles. The first-order valence-electron chi connectivity index (χ1n) is 8.59. The number of carboxylic acid groups (broad SMARTS) is 1. The molecule has 0 radical (unpaired) electrons. The number of aromatic nitrogens is 4. The topological polar surface area (TPSA) is 101 Å². The number of nitrogens with one attached hydrogen (secondary N) is 1. The number of halogens is 1. The second kappa shape index (κ2) is 8.39. The van der Waals surface area contributed by atoms with Crippen LogP contribution in [0.1, 0.15) is 42.6 Å². The zero-order valence-corrected chi connectivity index (χ0v) is 16.1. The Bertz CT molecular complexity index is 1020. The summed E-state index contributed by atoms with van der Waals surface area (Å²) in [5.41, 5.74) is 1.60. The molecule has 0 aliphatic rings. The summed E-state index contributed by atoms with van der Waals surface area (Å²) in [6, 6.07) is 7.03. The number of nitrogens with zero attached hydrogens (tertiary/aromatic N) is 3. The third-order valence-electron chi connectivity index (χ3n) is 4.41. The Hall–Kier alpha value is -2.94. The smallest absolute Gasteiger partial charge is 0.312 e. The number of aromatic amines is 1. The van der Waals surface area contributed by atoms with Gasteiger partial charge in [0.25, 0.3) is 5.56 Å². The highest BCUT2D eigenvalue weighted by Gasteiger charge is 2.23. The maximum atomic E-state index is 13.1. The predicted octanol–water partition coefficient (Wildman–Crippen LogP) is 3.20. The van der Waals surface area contributed by atoms with Gasteiger partial charge in [0, 0.05) is 28.5 Å². The third-order valence-corrected chi connectivity index (χ3v) is 5.52. The highest BCUT2D eigenvalue weighted by atomic mass is 32.2. The largest absolute Gasteiger partial charge is 0.481 e. The average Bonchev–Trinajstić information content (AvgIpc) is 3.21. The monoisotopic (exact) mass is 402 g/mol. The van der Waals surface area contributed by atoms with Crippen molar-refractivity contribution < 1.29 is 14.3 Å². The van der Waals surface area contributed by atoms with E-state index in [1.807, 2.05) is 0 Å². The summed E-state index contributed by atoms with van der Waals surface area (Å²) in [6.45, 7) is 3.32. The van der Waals surface area contributed by atoms with E-state index in [-0.39, 0.29) is 11.4 Å². The Kier molecular flexibility index (Phi) is 5.93.